The van der Waals surface area contributed by atoms with Crippen molar-refractivity contribution < 1.29 is 9.47 Å². The Labute approximate surface area is 206 Å². The summed E-state index contributed by atoms with van der Waals surface area (Å²) < 4.78 is 13.0. The summed E-state index contributed by atoms with van der Waals surface area (Å²) in [6, 6.07) is 16.5. The zero-order chi connectivity index (χ0) is 25.0. The summed E-state index contributed by atoms with van der Waals surface area (Å²) >= 11 is 0. The normalized spacial score (nSPS) is 11.6. The average Bonchev–Trinajstić information content (AvgIpc) is 3.21. The van der Waals surface area contributed by atoms with E-state index in [-0.39, 0.29) is 5.56 Å². The van der Waals surface area contributed by atoms with Crippen LogP contribution in [-0.2, 0) is 11.5 Å². The Morgan fingerprint density at radius 3 is 2.34 bits per heavy atom. The van der Waals surface area contributed by atoms with Crippen LogP contribution in [0.25, 0.3) is 33.6 Å². The van der Waals surface area contributed by atoms with Gasteiger partial charge in [0.1, 0.15) is 12.5 Å². The van der Waals surface area contributed by atoms with Crippen molar-refractivity contribution >= 4 is 8.07 Å². The molecule has 3 heterocycles. The molecule has 35 heavy (non-hydrogen) atoms. The molecule has 0 fully saturated rings. The fourth-order valence-corrected chi connectivity index (χ4v) is 4.61. The number of nitrogens with one attached hydrogen (secondary N) is 1. The number of H-pyrrole nitrogens is 1. The van der Waals surface area contributed by atoms with Gasteiger partial charge in [0.15, 0.2) is 0 Å². The third-order valence-corrected chi connectivity index (χ3v) is 7.50. The molecule has 4 aromatic rings. The van der Waals surface area contributed by atoms with Crippen molar-refractivity contribution in [3.63, 3.8) is 0 Å². The number of pyridine rings is 2. The molecular weight excluding hydrogens is 456 g/mol. The molecular formula is C27H32N4O3Si. The van der Waals surface area contributed by atoms with Gasteiger partial charge in [-0.05, 0) is 54.9 Å². The van der Waals surface area contributed by atoms with Crippen LogP contribution in [0, 0.1) is 6.92 Å². The fraction of sp³-hybridized carbons (Fsp3) is 0.296. The second-order valence-electron chi connectivity index (χ2n) is 9.78. The molecule has 3 aromatic heterocycles. The van der Waals surface area contributed by atoms with Gasteiger partial charge in [0, 0.05) is 38.2 Å². The van der Waals surface area contributed by atoms with Gasteiger partial charge in [-0.3, -0.25) is 9.78 Å². The van der Waals surface area contributed by atoms with Gasteiger partial charge < -0.3 is 14.5 Å². The molecule has 7 nitrogen and oxygen atoms in total. The molecule has 0 unspecified atom stereocenters. The van der Waals surface area contributed by atoms with Crippen molar-refractivity contribution in [1.29, 1.82) is 0 Å². The highest BCUT2D eigenvalue weighted by atomic mass is 28.3. The van der Waals surface area contributed by atoms with Crippen LogP contribution in [0.5, 0.6) is 5.75 Å². The molecule has 4 rings (SSSR count). The van der Waals surface area contributed by atoms with Crippen molar-refractivity contribution in [2.24, 2.45) is 0 Å². The number of hydrogen-bond acceptors (Lipinski definition) is 5. The van der Waals surface area contributed by atoms with Gasteiger partial charge in [-0.15, -0.1) is 0 Å². The number of benzene rings is 1. The van der Waals surface area contributed by atoms with E-state index < -0.39 is 8.07 Å². The van der Waals surface area contributed by atoms with Crippen molar-refractivity contribution in [2.45, 2.75) is 39.3 Å². The number of ether oxygens (including phenoxy) is 2. The van der Waals surface area contributed by atoms with E-state index in [2.05, 4.69) is 34.7 Å². The lowest BCUT2D eigenvalue weighted by Gasteiger charge is -2.16. The Hall–Kier alpha value is -3.49. The van der Waals surface area contributed by atoms with Gasteiger partial charge in [0.25, 0.3) is 5.56 Å². The van der Waals surface area contributed by atoms with Crippen LogP contribution in [0.15, 0.2) is 65.7 Å². The van der Waals surface area contributed by atoms with Crippen LogP contribution in [0.1, 0.15) is 5.69 Å². The molecule has 0 aliphatic heterocycles. The lowest BCUT2D eigenvalue weighted by atomic mass is 9.97. The Morgan fingerprint density at radius 1 is 0.971 bits per heavy atom. The summed E-state index contributed by atoms with van der Waals surface area (Å²) in [5.74, 6) is 0.771. The lowest BCUT2D eigenvalue weighted by molar-refractivity contribution is 0.0796. The van der Waals surface area contributed by atoms with Gasteiger partial charge in [-0.2, -0.15) is 5.10 Å². The third-order valence-electron chi connectivity index (χ3n) is 5.80. The van der Waals surface area contributed by atoms with Crippen LogP contribution in [0.4, 0.5) is 0 Å². The summed E-state index contributed by atoms with van der Waals surface area (Å²) in [6.45, 7) is 9.88. The molecule has 0 bridgehead atoms. The molecule has 0 aliphatic rings. The summed E-state index contributed by atoms with van der Waals surface area (Å²) in [6.07, 6.45) is 3.44. The molecule has 0 saturated carbocycles. The number of methoxy groups -OCH3 is 1. The third kappa shape index (κ3) is 5.96. The molecule has 0 amide bonds. The number of rotatable bonds is 9. The highest BCUT2D eigenvalue weighted by molar-refractivity contribution is 6.76. The Bertz CT molecular complexity index is 1340. The van der Waals surface area contributed by atoms with Crippen LogP contribution in [0.2, 0.25) is 25.7 Å². The maximum atomic E-state index is 13.4. The van der Waals surface area contributed by atoms with Crippen LogP contribution in [-0.4, -0.2) is 41.5 Å². The zero-order valence-corrected chi connectivity index (χ0v) is 22.0. The summed E-state index contributed by atoms with van der Waals surface area (Å²) in [4.78, 5) is 20.6. The topological polar surface area (TPSA) is 82.0 Å². The maximum absolute atomic E-state index is 13.4. The van der Waals surface area contributed by atoms with E-state index in [0.717, 1.165) is 45.6 Å². The van der Waals surface area contributed by atoms with Crippen molar-refractivity contribution in [3.05, 3.63) is 77.0 Å². The molecule has 1 N–H and O–H groups in total. The van der Waals surface area contributed by atoms with E-state index in [1.807, 2.05) is 55.5 Å². The predicted octanol–water partition coefficient (Wildman–Crippen LogP) is 5.60. The largest absolute Gasteiger partial charge is 0.497 e. The Balaban J connectivity index is 1.77. The molecule has 0 spiro atoms. The highest BCUT2D eigenvalue weighted by Crippen LogP contribution is 2.33. The monoisotopic (exact) mass is 488 g/mol. The zero-order valence-electron chi connectivity index (χ0n) is 21.0. The molecule has 0 saturated heterocycles. The number of aromatic amines is 1. The van der Waals surface area contributed by atoms with E-state index in [1.54, 1.807) is 24.2 Å². The number of aromatic nitrogens is 4. The van der Waals surface area contributed by atoms with Gasteiger partial charge in [-0.1, -0.05) is 31.8 Å². The van der Waals surface area contributed by atoms with Gasteiger partial charge in [-0.25, -0.2) is 4.68 Å². The first-order chi connectivity index (χ1) is 16.7. The SMILES string of the molecule is COc1ccc(-c2cc(-c3cc(C)nn3COCC[Si](C)(C)C)c(=O)[nH]c2-c2ccncc2)cc1. The molecule has 0 atom stereocenters. The first kappa shape index (κ1) is 24.6. The van der Waals surface area contributed by atoms with Crippen molar-refractivity contribution in [1.82, 2.24) is 19.7 Å². The van der Waals surface area contributed by atoms with E-state index in [4.69, 9.17) is 9.47 Å². The van der Waals surface area contributed by atoms with Crippen molar-refractivity contribution in [2.75, 3.05) is 13.7 Å². The van der Waals surface area contributed by atoms with E-state index in [0.29, 0.717) is 18.9 Å². The fourth-order valence-electron chi connectivity index (χ4n) is 3.86. The summed E-state index contributed by atoms with van der Waals surface area (Å²) in [7, 11) is 0.453. The van der Waals surface area contributed by atoms with Crippen LogP contribution >= 0.6 is 0 Å². The van der Waals surface area contributed by atoms with E-state index >= 15 is 0 Å². The van der Waals surface area contributed by atoms with Crippen LogP contribution in [0.3, 0.4) is 0 Å². The quantitative estimate of drug-likeness (QED) is 0.245. The van der Waals surface area contributed by atoms with E-state index in [1.165, 1.54) is 0 Å². The molecule has 0 radical (unpaired) electrons. The molecule has 182 valence electrons. The Kier molecular flexibility index (Phi) is 7.33. The minimum absolute atomic E-state index is 0.183. The van der Waals surface area contributed by atoms with Gasteiger partial charge in [0.2, 0.25) is 0 Å². The maximum Gasteiger partial charge on any atom is 0.257 e. The smallest absolute Gasteiger partial charge is 0.257 e. The predicted molar refractivity (Wildman–Crippen MR) is 142 cm³/mol. The first-order valence-electron chi connectivity index (χ1n) is 11.7. The highest BCUT2D eigenvalue weighted by Gasteiger charge is 2.18. The summed E-state index contributed by atoms with van der Waals surface area (Å²) in [5.41, 5.74) is 5.41. The van der Waals surface area contributed by atoms with Gasteiger partial charge >= 0.3 is 0 Å². The molecule has 1 aromatic carbocycles. The minimum Gasteiger partial charge on any atom is -0.497 e. The van der Waals surface area contributed by atoms with E-state index in [9.17, 15) is 4.79 Å². The van der Waals surface area contributed by atoms with Crippen molar-refractivity contribution in [3.8, 4) is 39.4 Å². The number of aryl methyl sites for hydroxylation is 1. The minimum atomic E-state index is -1.19. The second-order valence-corrected chi connectivity index (χ2v) is 15.4. The molecule has 8 heteroatoms. The standard InChI is InChI=1S/C27H32N4O3Si/c1-19-16-25(31(30-19)18-34-14-15-35(3,4)5)24-17-23(20-6-8-22(33-2)9-7-20)26(29-27(24)32)21-10-12-28-13-11-21/h6-13,16-17H,14-15,18H2,1-5H3,(H,29,32). The number of nitrogens with zero attached hydrogens (tertiary/aromatic N) is 3. The Morgan fingerprint density at radius 2 is 1.69 bits per heavy atom. The number of hydrogen-bond donors (Lipinski definition) is 1. The molecule has 0 aliphatic carbocycles. The summed E-state index contributed by atoms with van der Waals surface area (Å²) in [5, 5.41) is 4.59. The first-order valence-corrected chi connectivity index (χ1v) is 15.4. The second kappa shape index (κ2) is 10.4. The average molecular weight is 489 g/mol. The lowest BCUT2D eigenvalue weighted by Crippen LogP contribution is -2.22. The van der Waals surface area contributed by atoms with Gasteiger partial charge in [0.05, 0.1) is 29.8 Å². The van der Waals surface area contributed by atoms with Crippen LogP contribution < -0.4 is 10.3 Å².